The molecule has 1 saturated carbocycles. The van der Waals surface area contributed by atoms with Crippen LogP contribution >= 0.6 is 22.7 Å². The molecule has 1 fully saturated rings. The number of amides is 1. The van der Waals surface area contributed by atoms with Gasteiger partial charge in [-0.25, -0.2) is 4.39 Å². The molecule has 0 radical (unpaired) electrons. The molecule has 106 valence electrons. The van der Waals surface area contributed by atoms with Crippen molar-refractivity contribution >= 4 is 43.8 Å². The van der Waals surface area contributed by atoms with Gasteiger partial charge in [-0.2, -0.15) is 0 Å². The van der Waals surface area contributed by atoms with Crippen LogP contribution in [0.2, 0.25) is 0 Å². The van der Waals surface area contributed by atoms with Crippen molar-refractivity contribution in [2.24, 2.45) is 0 Å². The first-order chi connectivity index (χ1) is 10.2. The summed E-state index contributed by atoms with van der Waals surface area (Å²) < 4.78 is 14.4. The van der Waals surface area contributed by atoms with Gasteiger partial charge in [-0.1, -0.05) is 17.4 Å². The Kier molecular flexibility index (Phi) is 2.97. The normalized spacial score (nSPS) is 14.5. The number of rotatable bonds is 3. The van der Waals surface area contributed by atoms with Gasteiger partial charge in [-0.15, -0.1) is 21.5 Å². The number of nitrogens with zero attached hydrogens (tertiary/aromatic N) is 2. The van der Waals surface area contributed by atoms with E-state index < -0.39 is 0 Å². The van der Waals surface area contributed by atoms with Crippen molar-refractivity contribution in [1.82, 2.24) is 10.2 Å². The van der Waals surface area contributed by atoms with Gasteiger partial charge < -0.3 is 0 Å². The zero-order valence-electron chi connectivity index (χ0n) is 10.8. The van der Waals surface area contributed by atoms with Crippen molar-refractivity contribution in [3.05, 3.63) is 40.0 Å². The van der Waals surface area contributed by atoms with Crippen LogP contribution in [-0.4, -0.2) is 16.1 Å². The number of hydrogen-bond donors (Lipinski definition) is 1. The second kappa shape index (κ2) is 4.85. The minimum atomic E-state index is -0.310. The molecule has 1 aliphatic carbocycles. The first-order valence-corrected chi connectivity index (χ1v) is 8.17. The standard InChI is InChI=1S/C14H10FN3OS2/c15-9-2-1-3-10-8(9)6-11(20-10)12(19)16-14-18-17-13(21-14)7-4-5-7/h1-3,6-7H,4-5H2,(H,16,18,19). The Bertz CT molecular complexity index is 838. The van der Waals surface area contributed by atoms with Crippen molar-refractivity contribution in [1.29, 1.82) is 0 Å². The fourth-order valence-electron chi connectivity index (χ4n) is 2.08. The second-order valence-electron chi connectivity index (χ2n) is 4.94. The van der Waals surface area contributed by atoms with Gasteiger partial charge in [0.25, 0.3) is 5.91 Å². The Morgan fingerprint density at radius 3 is 2.90 bits per heavy atom. The third-order valence-corrected chi connectivity index (χ3v) is 5.42. The number of thiophene rings is 1. The van der Waals surface area contributed by atoms with Crippen molar-refractivity contribution in [3.63, 3.8) is 0 Å². The molecule has 21 heavy (non-hydrogen) atoms. The summed E-state index contributed by atoms with van der Waals surface area (Å²) in [6, 6.07) is 6.41. The van der Waals surface area contributed by atoms with Gasteiger partial charge in [0.2, 0.25) is 5.13 Å². The lowest BCUT2D eigenvalue weighted by Crippen LogP contribution is -2.09. The molecule has 1 amide bonds. The van der Waals surface area contributed by atoms with Crippen molar-refractivity contribution < 1.29 is 9.18 Å². The van der Waals surface area contributed by atoms with Crippen LogP contribution in [0.3, 0.4) is 0 Å². The first kappa shape index (κ1) is 12.8. The third kappa shape index (κ3) is 2.43. The molecule has 7 heteroatoms. The van der Waals surface area contributed by atoms with Gasteiger partial charge in [-0.05, 0) is 31.0 Å². The molecule has 4 nitrogen and oxygen atoms in total. The molecule has 1 aliphatic rings. The van der Waals surface area contributed by atoms with Gasteiger partial charge in [0, 0.05) is 16.0 Å². The fraction of sp³-hybridized carbons (Fsp3) is 0.214. The van der Waals surface area contributed by atoms with Gasteiger partial charge in [0.1, 0.15) is 10.8 Å². The van der Waals surface area contributed by atoms with E-state index in [4.69, 9.17) is 0 Å². The molecular formula is C14H10FN3OS2. The molecule has 0 bridgehead atoms. The van der Waals surface area contributed by atoms with E-state index in [1.54, 1.807) is 18.2 Å². The highest BCUT2D eigenvalue weighted by molar-refractivity contribution is 7.21. The van der Waals surface area contributed by atoms with Gasteiger partial charge >= 0.3 is 0 Å². The molecular weight excluding hydrogens is 309 g/mol. The maximum Gasteiger partial charge on any atom is 0.267 e. The maximum absolute atomic E-state index is 13.6. The summed E-state index contributed by atoms with van der Waals surface area (Å²) in [7, 11) is 0. The van der Waals surface area contributed by atoms with E-state index in [0.29, 0.717) is 21.3 Å². The Morgan fingerprint density at radius 1 is 1.29 bits per heavy atom. The van der Waals surface area contributed by atoms with Crippen LogP contribution in [0, 0.1) is 5.82 Å². The van der Waals surface area contributed by atoms with Crippen LogP contribution < -0.4 is 5.32 Å². The zero-order chi connectivity index (χ0) is 14.4. The lowest BCUT2D eigenvalue weighted by atomic mass is 10.2. The SMILES string of the molecule is O=C(Nc1nnc(C2CC2)s1)c1cc2c(F)cccc2s1. The third-order valence-electron chi connectivity index (χ3n) is 3.32. The lowest BCUT2D eigenvalue weighted by Gasteiger charge is -1.96. The molecule has 1 aromatic carbocycles. The van der Waals surface area contributed by atoms with Crippen LogP contribution in [0.4, 0.5) is 9.52 Å². The zero-order valence-corrected chi connectivity index (χ0v) is 12.4. The quantitative estimate of drug-likeness (QED) is 0.793. The number of hydrogen-bond acceptors (Lipinski definition) is 5. The average molecular weight is 319 g/mol. The number of carbonyl (C=O) groups excluding carboxylic acids is 1. The monoisotopic (exact) mass is 319 g/mol. The summed E-state index contributed by atoms with van der Waals surface area (Å²) in [6.45, 7) is 0. The highest BCUT2D eigenvalue weighted by atomic mass is 32.1. The van der Waals surface area contributed by atoms with Crippen LogP contribution in [0.25, 0.3) is 10.1 Å². The van der Waals surface area contributed by atoms with E-state index >= 15 is 0 Å². The van der Waals surface area contributed by atoms with E-state index in [9.17, 15) is 9.18 Å². The Morgan fingerprint density at radius 2 is 2.14 bits per heavy atom. The highest BCUT2D eigenvalue weighted by Gasteiger charge is 2.27. The molecule has 2 aromatic heterocycles. The van der Waals surface area contributed by atoms with Crippen LogP contribution in [0.5, 0.6) is 0 Å². The summed E-state index contributed by atoms with van der Waals surface area (Å²) in [4.78, 5) is 12.7. The molecule has 0 saturated heterocycles. The summed E-state index contributed by atoms with van der Waals surface area (Å²) in [5, 5.41) is 12.8. The van der Waals surface area contributed by atoms with Gasteiger partial charge in [0.15, 0.2) is 0 Å². The fourth-order valence-corrected chi connectivity index (χ4v) is 3.95. The molecule has 2 heterocycles. The number of nitrogens with one attached hydrogen (secondary N) is 1. The summed E-state index contributed by atoms with van der Waals surface area (Å²) >= 11 is 2.68. The molecule has 0 aliphatic heterocycles. The smallest absolute Gasteiger partial charge is 0.267 e. The van der Waals surface area contributed by atoms with Crippen molar-refractivity contribution in [2.45, 2.75) is 18.8 Å². The van der Waals surface area contributed by atoms with E-state index in [1.165, 1.54) is 28.7 Å². The van der Waals surface area contributed by atoms with Crippen molar-refractivity contribution in [2.75, 3.05) is 5.32 Å². The predicted molar refractivity (Wildman–Crippen MR) is 81.6 cm³/mol. The van der Waals surface area contributed by atoms with Crippen LogP contribution in [-0.2, 0) is 0 Å². The van der Waals surface area contributed by atoms with Crippen molar-refractivity contribution in [3.8, 4) is 0 Å². The lowest BCUT2D eigenvalue weighted by molar-refractivity contribution is 0.103. The minimum Gasteiger partial charge on any atom is -0.296 e. The molecule has 0 atom stereocenters. The van der Waals surface area contributed by atoms with Crippen LogP contribution in [0.1, 0.15) is 33.4 Å². The summed E-state index contributed by atoms with van der Waals surface area (Å²) in [6.07, 6.45) is 2.30. The second-order valence-corrected chi connectivity index (χ2v) is 7.03. The summed E-state index contributed by atoms with van der Waals surface area (Å²) in [5.74, 6) is -0.0598. The number of anilines is 1. The summed E-state index contributed by atoms with van der Waals surface area (Å²) in [5.41, 5.74) is 0. The molecule has 4 rings (SSSR count). The van der Waals surface area contributed by atoms with E-state index in [1.807, 2.05) is 0 Å². The Hall–Kier alpha value is -1.86. The molecule has 3 aromatic rings. The number of carbonyl (C=O) groups is 1. The predicted octanol–water partition coefficient (Wildman–Crippen LogP) is 4.02. The van der Waals surface area contributed by atoms with Gasteiger partial charge in [0.05, 0.1) is 4.88 Å². The highest BCUT2D eigenvalue weighted by Crippen LogP contribution is 2.42. The first-order valence-electron chi connectivity index (χ1n) is 6.53. The largest absolute Gasteiger partial charge is 0.296 e. The minimum absolute atomic E-state index is 0.269. The molecule has 1 N–H and O–H groups in total. The Labute approximate surface area is 127 Å². The average Bonchev–Trinajstić information content (AvgIpc) is 3.05. The number of benzene rings is 1. The van der Waals surface area contributed by atoms with E-state index in [2.05, 4.69) is 15.5 Å². The number of halogens is 1. The van der Waals surface area contributed by atoms with Gasteiger partial charge in [-0.3, -0.25) is 10.1 Å². The molecule has 0 spiro atoms. The van der Waals surface area contributed by atoms with E-state index in [0.717, 1.165) is 22.5 Å². The Balaban J connectivity index is 1.58. The number of fused-ring (bicyclic) bond motifs is 1. The topological polar surface area (TPSA) is 54.9 Å². The maximum atomic E-state index is 13.6. The number of aromatic nitrogens is 2. The molecule has 0 unspecified atom stereocenters. The van der Waals surface area contributed by atoms with E-state index in [-0.39, 0.29) is 11.7 Å². The van der Waals surface area contributed by atoms with Crippen LogP contribution in [0.15, 0.2) is 24.3 Å².